The first kappa shape index (κ1) is 12.4. The minimum atomic E-state index is -0.668. The van der Waals surface area contributed by atoms with Gasteiger partial charge in [-0.1, -0.05) is 23.7 Å². The van der Waals surface area contributed by atoms with Crippen LogP contribution in [0.15, 0.2) is 35.7 Å². The Labute approximate surface area is 109 Å². The highest BCUT2D eigenvalue weighted by molar-refractivity contribution is 7.10. The molecule has 0 fully saturated rings. The zero-order valence-corrected chi connectivity index (χ0v) is 11.0. The van der Waals surface area contributed by atoms with Crippen LogP contribution in [-0.4, -0.2) is 11.7 Å². The van der Waals surface area contributed by atoms with Crippen molar-refractivity contribution in [3.8, 4) is 5.75 Å². The molecule has 17 heavy (non-hydrogen) atoms. The molecular formula is C13H13ClO2S. The molecule has 0 aliphatic heterocycles. The summed E-state index contributed by atoms with van der Waals surface area (Å²) in [5.41, 5.74) is 0.817. The fraction of sp³-hybridized carbons (Fsp3) is 0.231. The van der Waals surface area contributed by atoms with Gasteiger partial charge in [0, 0.05) is 0 Å². The van der Waals surface area contributed by atoms with Crippen molar-refractivity contribution in [1.29, 1.82) is 0 Å². The highest BCUT2D eigenvalue weighted by atomic mass is 35.5. The van der Waals surface area contributed by atoms with E-state index >= 15 is 0 Å². The van der Waals surface area contributed by atoms with Crippen molar-refractivity contribution in [2.75, 3.05) is 6.61 Å². The number of thiophene rings is 1. The number of aliphatic hydroxyl groups excluding tert-OH is 1. The SMILES string of the molecule is CCOc1ccc(C(O)c2sccc2Cl)cc1. The number of ether oxygens (including phenoxy) is 1. The first-order chi connectivity index (χ1) is 8.22. The molecule has 2 nitrogen and oxygen atoms in total. The van der Waals surface area contributed by atoms with Gasteiger partial charge in [-0.15, -0.1) is 11.3 Å². The van der Waals surface area contributed by atoms with Crippen molar-refractivity contribution in [2.24, 2.45) is 0 Å². The summed E-state index contributed by atoms with van der Waals surface area (Å²) < 4.78 is 5.35. The summed E-state index contributed by atoms with van der Waals surface area (Å²) in [5.74, 6) is 0.806. The van der Waals surface area contributed by atoms with Crippen LogP contribution < -0.4 is 4.74 Å². The second-order valence-corrected chi connectivity index (χ2v) is 4.89. The smallest absolute Gasteiger partial charge is 0.119 e. The average molecular weight is 269 g/mol. The van der Waals surface area contributed by atoms with Crippen molar-refractivity contribution < 1.29 is 9.84 Å². The van der Waals surface area contributed by atoms with Crippen LogP contribution in [0.25, 0.3) is 0 Å². The summed E-state index contributed by atoms with van der Waals surface area (Å²) in [6.07, 6.45) is -0.668. The largest absolute Gasteiger partial charge is 0.494 e. The van der Waals surface area contributed by atoms with Gasteiger partial charge in [0.1, 0.15) is 11.9 Å². The van der Waals surface area contributed by atoms with E-state index in [1.54, 1.807) is 6.07 Å². The van der Waals surface area contributed by atoms with E-state index in [2.05, 4.69) is 0 Å². The number of aliphatic hydroxyl groups is 1. The van der Waals surface area contributed by atoms with Gasteiger partial charge in [-0.25, -0.2) is 0 Å². The number of benzene rings is 1. The Kier molecular flexibility index (Phi) is 4.05. The van der Waals surface area contributed by atoms with Gasteiger partial charge in [0.2, 0.25) is 0 Å². The number of hydrogen-bond acceptors (Lipinski definition) is 3. The topological polar surface area (TPSA) is 29.5 Å². The lowest BCUT2D eigenvalue weighted by Gasteiger charge is -2.10. The molecule has 0 aliphatic rings. The van der Waals surface area contributed by atoms with E-state index < -0.39 is 6.10 Å². The highest BCUT2D eigenvalue weighted by Gasteiger charge is 2.15. The van der Waals surface area contributed by atoms with Gasteiger partial charge in [0.25, 0.3) is 0 Å². The molecule has 0 spiro atoms. The first-order valence-electron chi connectivity index (χ1n) is 5.36. The standard InChI is InChI=1S/C13H13ClO2S/c1-2-16-10-5-3-9(4-6-10)12(15)13-11(14)7-8-17-13/h3-8,12,15H,2H2,1H3. The summed E-state index contributed by atoms with van der Waals surface area (Å²) >= 11 is 7.45. The quantitative estimate of drug-likeness (QED) is 0.912. The van der Waals surface area contributed by atoms with Crippen molar-refractivity contribution in [3.05, 3.63) is 51.2 Å². The Morgan fingerprint density at radius 2 is 2.00 bits per heavy atom. The minimum Gasteiger partial charge on any atom is -0.494 e. The van der Waals surface area contributed by atoms with Crippen LogP contribution in [0.5, 0.6) is 5.75 Å². The predicted octanol–water partition coefficient (Wildman–Crippen LogP) is 3.88. The molecule has 90 valence electrons. The third-order valence-corrected chi connectivity index (χ3v) is 3.81. The van der Waals surface area contributed by atoms with Gasteiger partial charge in [0.05, 0.1) is 16.5 Å². The van der Waals surface area contributed by atoms with E-state index in [4.69, 9.17) is 16.3 Å². The normalized spacial score (nSPS) is 12.4. The maximum absolute atomic E-state index is 10.2. The molecule has 1 atom stereocenters. The molecule has 1 aromatic carbocycles. The Morgan fingerprint density at radius 1 is 1.29 bits per heavy atom. The molecule has 1 unspecified atom stereocenters. The Hall–Kier alpha value is -1.03. The maximum Gasteiger partial charge on any atom is 0.119 e. The molecule has 2 aromatic rings. The van der Waals surface area contributed by atoms with Crippen molar-refractivity contribution >= 4 is 22.9 Å². The zero-order chi connectivity index (χ0) is 12.3. The second kappa shape index (κ2) is 5.54. The minimum absolute atomic E-state index is 0.608. The third-order valence-electron chi connectivity index (χ3n) is 2.40. The van der Waals surface area contributed by atoms with Crippen LogP contribution >= 0.6 is 22.9 Å². The maximum atomic E-state index is 10.2. The molecule has 4 heteroatoms. The van der Waals surface area contributed by atoms with E-state index in [1.807, 2.05) is 36.6 Å². The Balaban J connectivity index is 2.20. The van der Waals surface area contributed by atoms with Gasteiger partial charge >= 0.3 is 0 Å². The molecular weight excluding hydrogens is 256 g/mol. The molecule has 0 aliphatic carbocycles. The van der Waals surface area contributed by atoms with E-state index in [0.717, 1.165) is 16.2 Å². The summed E-state index contributed by atoms with van der Waals surface area (Å²) in [6.45, 7) is 2.58. The van der Waals surface area contributed by atoms with E-state index in [9.17, 15) is 5.11 Å². The van der Waals surface area contributed by atoms with E-state index in [1.165, 1.54) is 11.3 Å². The van der Waals surface area contributed by atoms with Gasteiger partial charge < -0.3 is 9.84 Å². The fourth-order valence-electron chi connectivity index (χ4n) is 1.56. The van der Waals surface area contributed by atoms with Crippen molar-refractivity contribution in [1.82, 2.24) is 0 Å². The lowest BCUT2D eigenvalue weighted by atomic mass is 10.1. The monoisotopic (exact) mass is 268 g/mol. The average Bonchev–Trinajstić information content (AvgIpc) is 2.76. The van der Waals surface area contributed by atoms with Crippen LogP contribution in [0.3, 0.4) is 0 Å². The summed E-state index contributed by atoms with van der Waals surface area (Å²) in [4.78, 5) is 0.774. The Bertz CT molecular complexity index is 478. The van der Waals surface area contributed by atoms with Gasteiger partial charge in [-0.3, -0.25) is 0 Å². The summed E-state index contributed by atoms with van der Waals surface area (Å²) in [6, 6.07) is 9.20. The molecule has 0 amide bonds. The fourth-order valence-corrected chi connectivity index (χ4v) is 2.74. The molecule has 0 radical (unpaired) electrons. The van der Waals surface area contributed by atoms with Gasteiger partial charge in [-0.2, -0.15) is 0 Å². The van der Waals surface area contributed by atoms with Gasteiger partial charge in [0.15, 0.2) is 0 Å². The van der Waals surface area contributed by atoms with Crippen LogP contribution in [0.1, 0.15) is 23.5 Å². The summed E-state index contributed by atoms with van der Waals surface area (Å²) in [5, 5.41) is 12.6. The van der Waals surface area contributed by atoms with E-state index in [0.29, 0.717) is 11.6 Å². The van der Waals surface area contributed by atoms with Crippen LogP contribution in [0, 0.1) is 0 Å². The predicted molar refractivity (Wildman–Crippen MR) is 71.0 cm³/mol. The number of hydrogen-bond donors (Lipinski definition) is 1. The first-order valence-corrected chi connectivity index (χ1v) is 6.62. The molecule has 0 bridgehead atoms. The second-order valence-electron chi connectivity index (χ2n) is 3.54. The van der Waals surface area contributed by atoms with Crippen LogP contribution in [-0.2, 0) is 0 Å². The number of rotatable bonds is 4. The molecule has 1 aromatic heterocycles. The summed E-state index contributed by atoms with van der Waals surface area (Å²) in [7, 11) is 0. The van der Waals surface area contributed by atoms with Gasteiger partial charge in [-0.05, 0) is 36.1 Å². The van der Waals surface area contributed by atoms with E-state index in [-0.39, 0.29) is 0 Å². The highest BCUT2D eigenvalue weighted by Crippen LogP contribution is 2.33. The van der Waals surface area contributed by atoms with Crippen LogP contribution in [0.2, 0.25) is 5.02 Å². The number of halogens is 1. The molecule has 1 N–H and O–H groups in total. The molecule has 0 saturated heterocycles. The third kappa shape index (κ3) is 2.80. The van der Waals surface area contributed by atoms with Crippen LogP contribution in [0.4, 0.5) is 0 Å². The molecule has 1 heterocycles. The molecule has 0 saturated carbocycles. The van der Waals surface area contributed by atoms with Crippen molar-refractivity contribution in [3.63, 3.8) is 0 Å². The molecule has 2 rings (SSSR count). The Morgan fingerprint density at radius 3 is 2.53 bits per heavy atom. The lowest BCUT2D eigenvalue weighted by Crippen LogP contribution is -1.98. The van der Waals surface area contributed by atoms with Crippen molar-refractivity contribution in [2.45, 2.75) is 13.0 Å². The lowest BCUT2D eigenvalue weighted by molar-refractivity contribution is 0.224. The zero-order valence-electron chi connectivity index (χ0n) is 9.39.